The fourth-order valence-electron chi connectivity index (χ4n) is 8.01. The van der Waals surface area contributed by atoms with Crippen molar-refractivity contribution in [2.24, 2.45) is 0 Å². The molecule has 0 aromatic heterocycles. The first kappa shape index (κ1) is 61.6. The molecule has 64 heavy (non-hydrogen) atoms. The van der Waals surface area contributed by atoms with Gasteiger partial charge in [0.25, 0.3) is 0 Å². The van der Waals surface area contributed by atoms with Gasteiger partial charge in [-0.25, -0.2) is 0 Å². The Hall–Kier alpha value is -2.44. The zero-order valence-corrected chi connectivity index (χ0v) is 42.2. The summed E-state index contributed by atoms with van der Waals surface area (Å²) in [7, 11) is 0. The molecule has 0 saturated carbocycles. The maximum absolute atomic E-state index is 12.4. The minimum absolute atomic E-state index is 0.0315. The molecule has 0 aliphatic carbocycles. The normalized spacial score (nSPS) is 13.1. The monoisotopic (exact) mass is 896 g/mol. The summed E-state index contributed by atoms with van der Waals surface area (Å²) in [5.41, 5.74) is 0. The quantitative estimate of drug-likeness (QED) is 0.0245. The number of carbonyl (C=O) groups is 2. The van der Waals surface area contributed by atoms with Crippen LogP contribution in [0, 0.1) is 0 Å². The molecule has 0 aromatic rings. The van der Waals surface area contributed by atoms with E-state index in [1.807, 2.05) is 6.08 Å². The lowest BCUT2D eigenvalue weighted by Crippen LogP contribution is -2.45. The third-order valence-corrected chi connectivity index (χ3v) is 12.3. The van der Waals surface area contributed by atoms with Crippen LogP contribution in [0.15, 0.2) is 60.8 Å². The maximum Gasteiger partial charge on any atom is 0.305 e. The second kappa shape index (κ2) is 53.2. The van der Waals surface area contributed by atoms with Crippen molar-refractivity contribution in [3.63, 3.8) is 0 Å². The number of rotatable bonds is 50. The van der Waals surface area contributed by atoms with Crippen molar-refractivity contribution in [2.45, 2.75) is 283 Å². The molecule has 0 aromatic carbocycles. The molecule has 0 fully saturated rings. The summed E-state index contributed by atoms with van der Waals surface area (Å²) < 4.78 is 5.45. The lowest BCUT2D eigenvalue weighted by atomic mass is 10.0. The first-order valence-electron chi connectivity index (χ1n) is 27.6. The van der Waals surface area contributed by atoms with Crippen molar-refractivity contribution in [3.8, 4) is 0 Å². The Bertz CT molecular complexity index is 1130. The summed E-state index contributed by atoms with van der Waals surface area (Å²) in [4.78, 5) is 24.5. The summed E-state index contributed by atoms with van der Waals surface area (Å²) in [5, 5.41) is 23.1. The fourth-order valence-corrected chi connectivity index (χ4v) is 8.01. The van der Waals surface area contributed by atoms with Gasteiger partial charge in [0, 0.05) is 12.8 Å². The number of allylic oxidation sites excluding steroid dienone is 9. The number of aliphatic hydroxyl groups excluding tert-OH is 2. The zero-order chi connectivity index (χ0) is 46.5. The number of hydrogen-bond acceptors (Lipinski definition) is 5. The highest BCUT2D eigenvalue weighted by atomic mass is 16.5. The molecule has 0 aliphatic rings. The predicted molar refractivity (Wildman–Crippen MR) is 278 cm³/mol. The van der Waals surface area contributed by atoms with E-state index >= 15 is 0 Å². The highest BCUT2D eigenvalue weighted by molar-refractivity contribution is 5.76. The zero-order valence-electron chi connectivity index (χ0n) is 42.2. The van der Waals surface area contributed by atoms with Crippen LogP contribution in [0.1, 0.15) is 271 Å². The average Bonchev–Trinajstić information content (AvgIpc) is 3.29. The number of aliphatic hydroxyl groups is 2. The van der Waals surface area contributed by atoms with E-state index in [-0.39, 0.29) is 18.5 Å². The van der Waals surface area contributed by atoms with Gasteiger partial charge in [-0.15, -0.1) is 0 Å². The number of esters is 1. The van der Waals surface area contributed by atoms with Crippen LogP contribution in [0.25, 0.3) is 0 Å². The Morgan fingerprint density at radius 3 is 1.31 bits per heavy atom. The van der Waals surface area contributed by atoms with Crippen molar-refractivity contribution in [3.05, 3.63) is 60.8 Å². The predicted octanol–water partition coefficient (Wildman–Crippen LogP) is 16.8. The van der Waals surface area contributed by atoms with Crippen LogP contribution < -0.4 is 5.32 Å². The van der Waals surface area contributed by atoms with Gasteiger partial charge in [-0.2, -0.15) is 0 Å². The van der Waals surface area contributed by atoms with Crippen molar-refractivity contribution in [1.29, 1.82) is 0 Å². The Morgan fingerprint density at radius 2 is 0.828 bits per heavy atom. The maximum atomic E-state index is 12.4. The van der Waals surface area contributed by atoms with E-state index in [2.05, 4.69) is 67.8 Å². The summed E-state index contributed by atoms with van der Waals surface area (Å²) in [6, 6.07) is -0.646. The molecule has 0 spiro atoms. The number of unbranched alkanes of at least 4 members (excludes halogenated alkanes) is 32. The lowest BCUT2D eigenvalue weighted by Gasteiger charge is -2.20. The van der Waals surface area contributed by atoms with Crippen LogP contribution in [0.2, 0.25) is 0 Å². The Kier molecular flexibility index (Phi) is 51.2. The molecule has 6 nitrogen and oxygen atoms in total. The third kappa shape index (κ3) is 49.0. The van der Waals surface area contributed by atoms with Crippen molar-refractivity contribution in [1.82, 2.24) is 5.32 Å². The Balaban J connectivity index is 3.56. The van der Waals surface area contributed by atoms with Crippen LogP contribution >= 0.6 is 0 Å². The standard InChI is InChI=1S/C58H105NO5/c1-3-5-7-9-11-13-15-17-19-20-24-28-32-36-40-44-48-52-58(63)64-53-49-45-41-37-33-29-25-21-23-27-31-35-39-43-47-51-57(62)59-55(54-60)56(61)50-46-42-38-34-30-26-22-18-16-14-12-10-8-6-4-2/h11,13,17,19,21,25,29,33,46,50,55-56,60-61H,3-10,12,14-16,18,20,22-24,26-28,30-32,34-45,47-49,51-54H2,1-2H3,(H,59,62)/b13-11-,19-17-,25-21-,33-29-,50-46+. The van der Waals surface area contributed by atoms with Crippen molar-refractivity contribution < 1.29 is 24.5 Å². The van der Waals surface area contributed by atoms with Crippen LogP contribution in [0.3, 0.4) is 0 Å². The molecule has 2 atom stereocenters. The number of hydrogen-bond donors (Lipinski definition) is 3. The van der Waals surface area contributed by atoms with E-state index in [1.165, 1.54) is 161 Å². The molecular formula is C58H105NO5. The van der Waals surface area contributed by atoms with Crippen molar-refractivity contribution >= 4 is 11.9 Å². The first-order valence-corrected chi connectivity index (χ1v) is 27.6. The summed E-state index contributed by atoms with van der Waals surface area (Å²) in [5.74, 6) is -0.123. The van der Waals surface area contributed by atoms with Crippen LogP contribution in [-0.4, -0.2) is 47.4 Å². The summed E-state index contributed by atoms with van der Waals surface area (Å²) in [6.07, 6.45) is 68.0. The van der Waals surface area contributed by atoms with E-state index in [1.54, 1.807) is 6.08 Å². The molecule has 0 rings (SSSR count). The fraction of sp³-hybridized carbons (Fsp3) is 0.793. The van der Waals surface area contributed by atoms with Gasteiger partial charge in [-0.3, -0.25) is 9.59 Å². The van der Waals surface area contributed by atoms with E-state index < -0.39 is 12.1 Å². The molecule has 2 unspecified atom stereocenters. The number of carbonyl (C=O) groups excluding carboxylic acids is 2. The number of ether oxygens (including phenoxy) is 1. The minimum Gasteiger partial charge on any atom is -0.466 e. The molecule has 3 N–H and O–H groups in total. The van der Waals surface area contributed by atoms with Gasteiger partial charge in [-0.1, -0.05) is 222 Å². The van der Waals surface area contributed by atoms with Crippen LogP contribution in [0.5, 0.6) is 0 Å². The Labute approximate surface area is 397 Å². The molecule has 0 heterocycles. The molecule has 0 bridgehead atoms. The lowest BCUT2D eigenvalue weighted by molar-refractivity contribution is -0.143. The van der Waals surface area contributed by atoms with E-state index in [9.17, 15) is 19.8 Å². The molecule has 1 amide bonds. The van der Waals surface area contributed by atoms with Gasteiger partial charge >= 0.3 is 5.97 Å². The SMILES string of the molecule is CCCCC/C=C\C/C=C\CCCCCCCCCC(=O)OCCCCC/C=C\C=C/CCCCCCCCC(=O)NC(CO)C(O)/C=C/CCCCCCCCCCCCCCC. The highest BCUT2D eigenvalue weighted by Gasteiger charge is 2.18. The smallest absolute Gasteiger partial charge is 0.305 e. The van der Waals surface area contributed by atoms with Gasteiger partial charge in [0.05, 0.1) is 25.4 Å². The van der Waals surface area contributed by atoms with Gasteiger partial charge < -0.3 is 20.3 Å². The largest absolute Gasteiger partial charge is 0.466 e. The van der Waals surface area contributed by atoms with E-state index in [0.717, 1.165) is 83.5 Å². The minimum atomic E-state index is -0.860. The second-order valence-corrected chi connectivity index (χ2v) is 18.6. The topological polar surface area (TPSA) is 95.9 Å². The molecule has 0 saturated heterocycles. The summed E-state index contributed by atoms with van der Waals surface area (Å²) >= 11 is 0. The third-order valence-electron chi connectivity index (χ3n) is 12.3. The molecular weight excluding hydrogens is 791 g/mol. The van der Waals surface area contributed by atoms with Gasteiger partial charge in [0.15, 0.2) is 0 Å². The molecule has 6 heteroatoms. The van der Waals surface area contributed by atoms with Crippen LogP contribution in [-0.2, 0) is 14.3 Å². The summed E-state index contributed by atoms with van der Waals surface area (Å²) in [6.45, 7) is 4.81. The van der Waals surface area contributed by atoms with Gasteiger partial charge in [-0.05, 0) is 96.3 Å². The number of nitrogens with one attached hydrogen (secondary N) is 1. The second-order valence-electron chi connectivity index (χ2n) is 18.6. The van der Waals surface area contributed by atoms with Gasteiger partial charge in [0.1, 0.15) is 0 Å². The molecule has 0 aliphatic heterocycles. The Morgan fingerprint density at radius 1 is 0.453 bits per heavy atom. The van der Waals surface area contributed by atoms with E-state index in [0.29, 0.717) is 19.4 Å². The van der Waals surface area contributed by atoms with Crippen molar-refractivity contribution in [2.75, 3.05) is 13.2 Å². The number of amides is 1. The highest BCUT2D eigenvalue weighted by Crippen LogP contribution is 2.15. The van der Waals surface area contributed by atoms with E-state index in [4.69, 9.17) is 4.74 Å². The average molecular weight is 896 g/mol. The van der Waals surface area contributed by atoms with Crippen LogP contribution in [0.4, 0.5) is 0 Å². The van der Waals surface area contributed by atoms with Gasteiger partial charge in [0.2, 0.25) is 5.91 Å². The molecule has 372 valence electrons. The molecule has 0 radical (unpaired) electrons. The first-order chi connectivity index (χ1) is 31.5.